The summed E-state index contributed by atoms with van der Waals surface area (Å²) in [7, 11) is 3.40. The number of thioether (sulfide) groups is 2. The molecule has 0 saturated carbocycles. The Labute approximate surface area is 181 Å². The second-order valence-electron chi connectivity index (χ2n) is 6.00. The molecule has 0 aliphatic carbocycles. The number of nitrogens with zero attached hydrogens (tertiary/aromatic N) is 3. The van der Waals surface area contributed by atoms with E-state index in [4.69, 9.17) is 16.0 Å². The average Bonchev–Trinajstić information content (AvgIpc) is 3.17. The monoisotopic (exact) mass is 448 g/mol. The smallest absolute Gasteiger partial charge is 0.285 e. The van der Waals surface area contributed by atoms with Crippen molar-refractivity contribution in [3.63, 3.8) is 0 Å². The summed E-state index contributed by atoms with van der Waals surface area (Å²) in [5.41, 5.74) is 1.40. The highest BCUT2D eigenvalue weighted by Crippen LogP contribution is 2.25. The van der Waals surface area contributed by atoms with Gasteiger partial charge in [0.1, 0.15) is 0 Å². The number of carbonyl (C=O) groups is 2. The van der Waals surface area contributed by atoms with Gasteiger partial charge in [-0.25, -0.2) is 0 Å². The number of hydrogen-bond acceptors (Lipinski definition) is 7. The molecule has 1 aromatic heterocycles. The Kier molecular flexibility index (Phi) is 7.18. The van der Waals surface area contributed by atoms with E-state index in [2.05, 4.69) is 15.5 Å². The first-order valence-electron chi connectivity index (χ1n) is 8.42. The molecule has 0 spiro atoms. The molecule has 7 nitrogen and oxygen atoms in total. The molecule has 2 amide bonds. The third-order valence-corrected chi connectivity index (χ3v) is 5.65. The molecule has 10 heteroatoms. The van der Waals surface area contributed by atoms with E-state index in [9.17, 15) is 9.59 Å². The lowest BCUT2D eigenvalue weighted by Crippen LogP contribution is -2.16. The summed E-state index contributed by atoms with van der Waals surface area (Å²) >= 11 is 8.14. The van der Waals surface area contributed by atoms with Crippen molar-refractivity contribution in [1.29, 1.82) is 0 Å². The predicted octanol–water partition coefficient (Wildman–Crippen LogP) is 4.89. The van der Waals surface area contributed by atoms with Crippen molar-refractivity contribution in [2.24, 2.45) is 0 Å². The summed E-state index contributed by atoms with van der Waals surface area (Å²) in [5.74, 6) is 0.286. The fourth-order valence-electron chi connectivity index (χ4n) is 2.10. The Hall–Kier alpha value is -2.49. The van der Waals surface area contributed by atoms with E-state index in [1.807, 2.05) is 0 Å². The molecule has 1 N–H and O–H groups in total. The van der Waals surface area contributed by atoms with Crippen molar-refractivity contribution in [1.82, 2.24) is 15.1 Å². The molecular formula is C19H17ClN4O3S2. The van der Waals surface area contributed by atoms with E-state index in [0.29, 0.717) is 21.8 Å². The Morgan fingerprint density at radius 2 is 1.76 bits per heavy atom. The van der Waals surface area contributed by atoms with Crippen molar-refractivity contribution in [2.45, 2.75) is 10.1 Å². The lowest BCUT2D eigenvalue weighted by atomic mass is 10.2. The normalized spacial score (nSPS) is 10.6. The van der Waals surface area contributed by atoms with E-state index in [0.717, 1.165) is 34.0 Å². The summed E-state index contributed by atoms with van der Waals surface area (Å²) < 4.78 is 5.56. The fourth-order valence-corrected chi connectivity index (χ4v) is 3.45. The Morgan fingerprint density at radius 1 is 1.07 bits per heavy atom. The van der Waals surface area contributed by atoms with E-state index in [-0.39, 0.29) is 16.9 Å². The van der Waals surface area contributed by atoms with Crippen LogP contribution in [0.3, 0.4) is 0 Å². The second kappa shape index (κ2) is 9.82. The van der Waals surface area contributed by atoms with Gasteiger partial charge in [0, 0.05) is 35.3 Å². The van der Waals surface area contributed by atoms with Crippen LogP contribution in [-0.2, 0) is 4.79 Å². The lowest BCUT2D eigenvalue weighted by Gasteiger charge is -2.09. The van der Waals surface area contributed by atoms with Gasteiger partial charge in [-0.1, -0.05) is 23.4 Å². The first-order valence-corrected chi connectivity index (χ1v) is 10.6. The van der Waals surface area contributed by atoms with E-state index in [1.165, 1.54) is 4.90 Å². The number of nitrogens with one attached hydrogen (secondary N) is 1. The van der Waals surface area contributed by atoms with Crippen molar-refractivity contribution in [2.75, 3.05) is 25.2 Å². The van der Waals surface area contributed by atoms with Gasteiger partial charge in [0.15, 0.2) is 0 Å². The van der Waals surface area contributed by atoms with E-state index in [1.54, 1.807) is 62.6 Å². The van der Waals surface area contributed by atoms with E-state index < -0.39 is 0 Å². The number of amides is 2. The Balaban J connectivity index is 1.50. The number of rotatable bonds is 6. The third-order valence-electron chi connectivity index (χ3n) is 3.53. The highest BCUT2D eigenvalue weighted by molar-refractivity contribution is 8.13. The standard InChI is InChI=1S/C19H17ClN4O3S2/c1-24(2)19(26)29-15-9-7-14(8-10-15)21-16(25)11-28-18-23-22-17(27-18)12-3-5-13(20)6-4-12/h3-10H,11H2,1-2H3,(H,21,25). The van der Waals surface area contributed by atoms with Crippen LogP contribution in [0.15, 0.2) is 63.1 Å². The number of halogens is 1. The maximum atomic E-state index is 12.1. The maximum Gasteiger partial charge on any atom is 0.285 e. The first kappa shape index (κ1) is 21.2. The molecule has 0 fully saturated rings. The second-order valence-corrected chi connectivity index (χ2v) is 8.39. The Bertz CT molecular complexity index is 991. The first-order chi connectivity index (χ1) is 13.9. The maximum absolute atomic E-state index is 12.1. The van der Waals surface area contributed by atoms with Crippen LogP contribution in [0.4, 0.5) is 10.5 Å². The van der Waals surface area contributed by atoms with Gasteiger partial charge in [0.2, 0.25) is 11.8 Å². The molecule has 3 aromatic rings. The quantitative estimate of drug-likeness (QED) is 0.536. The number of aromatic nitrogens is 2. The van der Waals surface area contributed by atoms with Crippen LogP contribution in [-0.4, -0.2) is 46.1 Å². The highest BCUT2D eigenvalue weighted by atomic mass is 35.5. The van der Waals surface area contributed by atoms with Gasteiger partial charge in [-0.2, -0.15) is 0 Å². The Morgan fingerprint density at radius 3 is 2.41 bits per heavy atom. The minimum absolute atomic E-state index is 0.0595. The molecule has 0 unspecified atom stereocenters. The molecule has 150 valence electrons. The van der Waals surface area contributed by atoms with Crippen molar-refractivity contribution in [3.8, 4) is 11.5 Å². The van der Waals surface area contributed by atoms with Crippen LogP contribution in [0.5, 0.6) is 0 Å². The zero-order valence-corrected chi connectivity index (χ0v) is 18.0. The predicted molar refractivity (Wildman–Crippen MR) is 115 cm³/mol. The summed E-state index contributed by atoms with van der Waals surface area (Å²) in [5, 5.41) is 11.6. The van der Waals surface area contributed by atoms with Gasteiger partial charge in [0.05, 0.1) is 5.75 Å². The minimum atomic E-state index is -0.203. The summed E-state index contributed by atoms with van der Waals surface area (Å²) in [6, 6.07) is 14.1. The molecule has 29 heavy (non-hydrogen) atoms. The SMILES string of the molecule is CN(C)C(=O)Sc1ccc(NC(=O)CSc2nnc(-c3ccc(Cl)cc3)o2)cc1. The van der Waals surface area contributed by atoms with Gasteiger partial charge in [-0.3, -0.25) is 9.59 Å². The van der Waals surface area contributed by atoms with Crippen LogP contribution < -0.4 is 5.32 Å². The van der Waals surface area contributed by atoms with Gasteiger partial charge in [-0.15, -0.1) is 10.2 Å². The summed E-state index contributed by atoms with van der Waals surface area (Å²) in [6.45, 7) is 0. The highest BCUT2D eigenvalue weighted by Gasteiger charge is 2.12. The minimum Gasteiger partial charge on any atom is -0.411 e. The van der Waals surface area contributed by atoms with Crippen molar-refractivity contribution >= 4 is 52.0 Å². The fraction of sp³-hybridized carbons (Fsp3) is 0.158. The number of carbonyl (C=O) groups excluding carboxylic acids is 2. The van der Waals surface area contributed by atoms with Gasteiger partial charge < -0.3 is 14.6 Å². The number of benzene rings is 2. The van der Waals surface area contributed by atoms with Gasteiger partial charge in [0.25, 0.3) is 10.5 Å². The zero-order chi connectivity index (χ0) is 20.8. The molecule has 1 heterocycles. The summed E-state index contributed by atoms with van der Waals surface area (Å²) in [6.07, 6.45) is 0. The van der Waals surface area contributed by atoms with Crippen LogP contribution in [0.25, 0.3) is 11.5 Å². The van der Waals surface area contributed by atoms with Crippen molar-refractivity contribution in [3.05, 3.63) is 53.6 Å². The molecular weight excluding hydrogens is 432 g/mol. The molecule has 0 saturated heterocycles. The molecule has 0 atom stereocenters. The van der Waals surface area contributed by atoms with Crippen LogP contribution in [0.1, 0.15) is 0 Å². The van der Waals surface area contributed by atoms with Gasteiger partial charge >= 0.3 is 0 Å². The molecule has 3 rings (SSSR count). The zero-order valence-electron chi connectivity index (χ0n) is 15.6. The summed E-state index contributed by atoms with van der Waals surface area (Å²) in [4.78, 5) is 26.2. The molecule has 0 aliphatic rings. The van der Waals surface area contributed by atoms with E-state index >= 15 is 0 Å². The number of hydrogen-bond donors (Lipinski definition) is 1. The molecule has 0 aliphatic heterocycles. The molecule has 0 radical (unpaired) electrons. The molecule has 0 bridgehead atoms. The largest absolute Gasteiger partial charge is 0.411 e. The topological polar surface area (TPSA) is 88.3 Å². The lowest BCUT2D eigenvalue weighted by molar-refractivity contribution is -0.113. The van der Waals surface area contributed by atoms with Gasteiger partial charge in [-0.05, 0) is 60.3 Å². The third kappa shape index (κ3) is 6.25. The van der Waals surface area contributed by atoms with Crippen LogP contribution >= 0.6 is 35.1 Å². The number of anilines is 1. The molecule has 2 aromatic carbocycles. The van der Waals surface area contributed by atoms with Crippen LogP contribution in [0.2, 0.25) is 5.02 Å². The van der Waals surface area contributed by atoms with Crippen molar-refractivity contribution < 1.29 is 14.0 Å². The average molecular weight is 449 g/mol. The van der Waals surface area contributed by atoms with Crippen LogP contribution in [0, 0.1) is 0 Å².